The van der Waals surface area contributed by atoms with Crippen LogP contribution >= 0.6 is 11.3 Å². The summed E-state index contributed by atoms with van der Waals surface area (Å²) in [4.78, 5) is 1.36. The zero-order valence-electron chi connectivity index (χ0n) is 9.73. The molecular weight excluding hydrogens is 218 g/mol. The second-order valence-electron chi connectivity index (χ2n) is 3.77. The van der Waals surface area contributed by atoms with Crippen molar-refractivity contribution in [3.05, 3.63) is 28.6 Å². The fraction of sp³-hybridized carbons (Fsp3) is 0.417. The van der Waals surface area contributed by atoms with Gasteiger partial charge in [-0.15, -0.1) is 11.3 Å². The van der Waals surface area contributed by atoms with Crippen LogP contribution in [-0.2, 0) is 13.1 Å². The SMILES string of the molecule is CCCn1nccc1-c1csc(CNC)c1. The molecule has 0 amide bonds. The van der Waals surface area contributed by atoms with Gasteiger partial charge in [0.15, 0.2) is 0 Å². The van der Waals surface area contributed by atoms with E-state index in [4.69, 9.17) is 0 Å². The first-order valence-corrected chi connectivity index (χ1v) is 6.47. The van der Waals surface area contributed by atoms with Gasteiger partial charge in [-0.25, -0.2) is 0 Å². The molecule has 2 aromatic rings. The zero-order valence-corrected chi connectivity index (χ0v) is 10.5. The lowest BCUT2D eigenvalue weighted by Crippen LogP contribution is -2.03. The van der Waals surface area contributed by atoms with Crippen LogP contribution in [-0.4, -0.2) is 16.8 Å². The lowest BCUT2D eigenvalue weighted by molar-refractivity contribution is 0.609. The molecule has 0 saturated carbocycles. The Bertz CT molecular complexity index is 445. The molecule has 86 valence electrons. The summed E-state index contributed by atoms with van der Waals surface area (Å²) in [5.74, 6) is 0. The summed E-state index contributed by atoms with van der Waals surface area (Å²) in [5, 5.41) is 9.72. The number of nitrogens with one attached hydrogen (secondary N) is 1. The minimum absolute atomic E-state index is 0.937. The Balaban J connectivity index is 2.24. The Kier molecular flexibility index (Phi) is 3.74. The smallest absolute Gasteiger partial charge is 0.0690 e. The van der Waals surface area contributed by atoms with Crippen molar-refractivity contribution in [2.75, 3.05) is 7.05 Å². The van der Waals surface area contributed by atoms with Crippen molar-refractivity contribution in [1.29, 1.82) is 0 Å². The topological polar surface area (TPSA) is 29.9 Å². The molecule has 0 aromatic carbocycles. The average molecular weight is 235 g/mol. The van der Waals surface area contributed by atoms with Gasteiger partial charge >= 0.3 is 0 Å². The van der Waals surface area contributed by atoms with E-state index in [9.17, 15) is 0 Å². The predicted molar refractivity (Wildman–Crippen MR) is 68.6 cm³/mol. The van der Waals surface area contributed by atoms with Crippen molar-refractivity contribution in [3.8, 4) is 11.3 Å². The summed E-state index contributed by atoms with van der Waals surface area (Å²) in [7, 11) is 1.97. The third kappa shape index (κ3) is 2.33. The van der Waals surface area contributed by atoms with Gasteiger partial charge in [0.2, 0.25) is 0 Å². The molecule has 0 aliphatic rings. The molecule has 0 fully saturated rings. The molecule has 16 heavy (non-hydrogen) atoms. The van der Waals surface area contributed by atoms with Gasteiger partial charge in [0.1, 0.15) is 0 Å². The van der Waals surface area contributed by atoms with E-state index < -0.39 is 0 Å². The van der Waals surface area contributed by atoms with Gasteiger partial charge in [-0.2, -0.15) is 5.10 Å². The van der Waals surface area contributed by atoms with Gasteiger partial charge in [0.25, 0.3) is 0 Å². The Labute approximate surface area is 100 Å². The summed E-state index contributed by atoms with van der Waals surface area (Å²) in [6.07, 6.45) is 2.99. The van der Waals surface area contributed by atoms with E-state index in [0.29, 0.717) is 0 Å². The van der Waals surface area contributed by atoms with Gasteiger partial charge < -0.3 is 5.32 Å². The number of aromatic nitrogens is 2. The maximum Gasteiger partial charge on any atom is 0.0690 e. The molecule has 0 radical (unpaired) electrons. The van der Waals surface area contributed by atoms with Gasteiger partial charge in [0, 0.05) is 35.1 Å². The maximum atomic E-state index is 4.34. The van der Waals surface area contributed by atoms with E-state index in [-0.39, 0.29) is 0 Å². The molecule has 3 nitrogen and oxygen atoms in total. The van der Waals surface area contributed by atoms with Crippen molar-refractivity contribution < 1.29 is 0 Å². The quantitative estimate of drug-likeness (QED) is 0.863. The third-order valence-corrected chi connectivity index (χ3v) is 3.39. The van der Waals surface area contributed by atoms with E-state index in [1.165, 1.54) is 16.1 Å². The number of nitrogens with zero attached hydrogens (tertiary/aromatic N) is 2. The number of rotatable bonds is 5. The number of hydrogen-bond donors (Lipinski definition) is 1. The van der Waals surface area contributed by atoms with Crippen LogP contribution in [0.2, 0.25) is 0 Å². The first-order valence-electron chi connectivity index (χ1n) is 5.59. The molecule has 2 aromatic heterocycles. The molecular formula is C12H17N3S. The molecule has 0 aliphatic carbocycles. The first kappa shape index (κ1) is 11.4. The van der Waals surface area contributed by atoms with E-state index in [1.54, 1.807) is 11.3 Å². The van der Waals surface area contributed by atoms with Crippen LogP contribution in [0.1, 0.15) is 18.2 Å². The minimum Gasteiger partial charge on any atom is -0.315 e. The molecule has 4 heteroatoms. The highest BCUT2D eigenvalue weighted by atomic mass is 32.1. The van der Waals surface area contributed by atoms with E-state index in [2.05, 4.69) is 39.5 Å². The molecule has 0 atom stereocenters. The lowest BCUT2D eigenvalue weighted by atomic mass is 10.2. The third-order valence-electron chi connectivity index (χ3n) is 2.45. The van der Waals surface area contributed by atoms with Gasteiger partial charge in [-0.1, -0.05) is 6.92 Å². The van der Waals surface area contributed by atoms with Crippen molar-refractivity contribution >= 4 is 11.3 Å². The summed E-state index contributed by atoms with van der Waals surface area (Å²) in [6.45, 7) is 4.09. The first-order chi connectivity index (χ1) is 7.85. The van der Waals surface area contributed by atoms with E-state index >= 15 is 0 Å². The fourth-order valence-corrected chi connectivity index (χ4v) is 2.64. The number of aryl methyl sites for hydroxylation is 1. The highest BCUT2D eigenvalue weighted by molar-refractivity contribution is 7.10. The van der Waals surface area contributed by atoms with Crippen LogP contribution in [0.3, 0.4) is 0 Å². The average Bonchev–Trinajstić information content (AvgIpc) is 2.87. The van der Waals surface area contributed by atoms with Crippen LogP contribution in [0.5, 0.6) is 0 Å². The van der Waals surface area contributed by atoms with E-state index in [1.807, 2.05) is 13.2 Å². The lowest BCUT2D eigenvalue weighted by Gasteiger charge is -2.03. The van der Waals surface area contributed by atoms with Crippen molar-refractivity contribution in [2.24, 2.45) is 0 Å². The predicted octanol–water partition coefficient (Wildman–Crippen LogP) is 2.74. The highest BCUT2D eigenvalue weighted by Crippen LogP contribution is 2.25. The molecule has 1 N–H and O–H groups in total. The highest BCUT2D eigenvalue weighted by Gasteiger charge is 2.07. The van der Waals surface area contributed by atoms with E-state index in [0.717, 1.165) is 19.5 Å². The van der Waals surface area contributed by atoms with Crippen LogP contribution in [0.15, 0.2) is 23.7 Å². The number of thiophene rings is 1. The standard InChI is InChI=1S/C12H17N3S/c1-3-6-15-12(4-5-14-15)10-7-11(8-13-2)16-9-10/h4-5,7,9,13H,3,6,8H2,1-2H3. The second kappa shape index (κ2) is 5.27. The van der Waals surface area contributed by atoms with Crippen LogP contribution in [0.25, 0.3) is 11.3 Å². The molecule has 2 rings (SSSR count). The fourth-order valence-electron chi connectivity index (χ4n) is 1.75. The Morgan fingerprint density at radius 2 is 2.38 bits per heavy atom. The largest absolute Gasteiger partial charge is 0.315 e. The Morgan fingerprint density at radius 1 is 1.50 bits per heavy atom. The summed E-state index contributed by atoms with van der Waals surface area (Å²) >= 11 is 1.80. The van der Waals surface area contributed by atoms with Gasteiger partial charge in [-0.05, 0) is 25.6 Å². The van der Waals surface area contributed by atoms with Crippen LogP contribution in [0, 0.1) is 0 Å². The normalized spacial score (nSPS) is 10.9. The zero-order chi connectivity index (χ0) is 11.4. The minimum atomic E-state index is 0.937. The molecule has 0 saturated heterocycles. The van der Waals surface area contributed by atoms with Gasteiger partial charge in [0.05, 0.1) is 5.69 Å². The van der Waals surface area contributed by atoms with Crippen LogP contribution < -0.4 is 5.32 Å². The summed E-state index contributed by atoms with van der Waals surface area (Å²) in [6, 6.07) is 4.32. The summed E-state index contributed by atoms with van der Waals surface area (Å²) < 4.78 is 2.07. The molecule has 0 aliphatic heterocycles. The second-order valence-corrected chi connectivity index (χ2v) is 4.77. The van der Waals surface area contributed by atoms with Crippen LogP contribution in [0.4, 0.5) is 0 Å². The molecule has 2 heterocycles. The Morgan fingerprint density at radius 3 is 3.12 bits per heavy atom. The monoisotopic (exact) mass is 235 g/mol. The number of hydrogen-bond acceptors (Lipinski definition) is 3. The van der Waals surface area contributed by atoms with Crippen molar-refractivity contribution in [2.45, 2.75) is 26.4 Å². The van der Waals surface area contributed by atoms with Crippen molar-refractivity contribution in [3.63, 3.8) is 0 Å². The van der Waals surface area contributed by atoms with Crippen molar-refractivity contribution in [1.82, 2.24) is 15.1 Å². The molecule has 0 unspecified atom stereocenters. The summed E-state index contributed by atoms with van der Waals surface area (Å²) in [5.41, 5.74) is 2.50. The van der Waals surface area contributed by atoms with Gasteiger partial charge in [-0.3, -0.25) is 4.68 Å². The maximum absolute atomic E-state index is 4.34. The molecule has 0 spiro atoms. The Hall–Kier alpha value is -1.13. The molecule has 0 bridgehead atoms.